The van der Waals surface area contributed by atoms with Crippen molar-refractivity contribution in [1.82, 2.24) is 0 Å². The molecule has 112 valence electrons. The summed E-state index contributed by atoms with van der Waals surface area (Å²) < 4.78 is 10.8. The lowest BCUT2D eigenvalue weighted by Crippen LogP contribution is -2.09. The molecule has 0 bridgehead atoms. The van der Waals surface area contributed by atoms with Crippen molar-refractivity contribution in [2.24, 2.45) is 0 Å². The van der Waals surface area contributed by atoms with E-state index in [1.54, 1.807) is 0 Å². The number of methoxy groups -OCH3 is 1. The highest BCUT2D eigenvalue weighted by Gasteiger charge is 2.24. The molecule has 0 spiro atoms. The second-order valence-corrected chi connectivity index (χ2v) is 6.17. The van der Waals surface area contributed by atoms with Crippen LogP contribution in [0.4, 0.5) is 0 Å². The minimum absolute atomic E-state index is 0.131. The third-order valence-corrected chi connectivity index (χ3v) is 3.44. The van der Waals surface area contributed by atoms with Crippen molar-refractivity contribution in [3.05, 3.63) is 59.0 Å². The molecule has 21 heavy (non-hydrogen) atoms. The fraction of sp³-hybridized carbons (Fsp3) is 0.389. The molecule has 0 N–H and O–H groups in total. The zero-order valence-corrected chi connectivity index (χ0v) is 13.1. The fourth-order valence-corrected chi connectivity index (χ4v) is 2.17. The predicted octanol–water partition coefficient (Wildman–Crippen LogP) is 4.15. The summed E-state index contributed by atoms with van der Waals surface area (Å²) in [6.45, 7) is 6.19. The van der Waals surface area contributed by atoms with Crippen LogP contribution in [0.25, 0.3) is 0 Å². The first kappa shape index (κ1) is 15.4. The van der Waals surface area contributed by atoms with Crippen molar-refractivity contribution in [2.75, 3.05) is 7.11 Å². The lowest BCUT2D eigenvalue weighted by Gasteiger charge is -2.14. The van der Waals surface area contributed by atoms with Crippen molar-refractivity contribution < 1.29 is 13.9 Å². The number of carbonyl (C=O) groups excluding carboxylic acids is 1. The van der Waals surface area contributed by atoms with Gasteiger partial charge in [-0.3, -0.25) is 0 Å². The number of hydrogen-bond donors (Lipinski definition) is 0. The van der Waals surface area contributed by atoms with Gasteiger partial charge in [0.05, 0.1) is 7.11 Å². The summed E-state index contributed by atoms with van der Waals surface area (Å²) in [7, 11) is 1.40. The molecule has 0 aliphatic heterocycles. The van der Waals surface area contributed by atoms with E-state index in [4.69, 9.17) is 9.15 Å². The average Bonchev–Trinajstić information content (AvgIpc) is 2.89. The van der Waals surface area contributed by atoms with Gasteiger partial charge in [0.2, 0.25) is 0 Å². The highest BCUT2D eigenvalue weighted by Crippen LogP contribution is 2.28. The Morgan fingerprint density at radius 1 is 1.14 bits per heavy atom. The smallest absolute Gasteiger partial charge is 0.341 e. The molecule has 0 fully saturated rings. The van der Waals surface area contributed by atoms with E-state index in [2.05, 4.69) is 32.9 Å². The Labute approximate surface area is 125 Å². The molecule has 0 saturated carbocycles. The first-order valence-corrected chi connectivity index (χ1v) is 7.17. The topological polar surface area (TPSA) is 39.4 Å². The van der Waals surface area contributed by atoms with Gasteiger partial charge in [-0.2, -0.15) is 0 Å². The maximum atomic E-state index is 11.9. The zero-order valence-electron chi connectivity index (χ0n) is 13.1. The van der Waals surface area contributed by atoms with E-state index in [1.807, 2.05) is 24.3 Å². The SMILES string of the molecule is COC(=O)c1cc(C(C)(C)C)oc1CCc1ccccc1. The van der Waals surface area contributed by atoms with Gasteiger partial charge in [0.1, 0.15) is 17.1 Å². The molecule has 3 heteroatoms. The number of aryl methyl sites for hydroxylation is 2. The zero-order chi connectivity index (χ0) is 15.5. The molecule has 1 aromatic carbocycles. The minimum Gasteiger partial charge on any atom is -0.465 e. The first-order valence-electron chi connectivity index (χ1n) is 7.17. The average molecular weight is 286 g/mol. The minimum atomic E-state index is -0.336. The van der Waals surface area contributed by atoms with E-state index in [9.17, 15) is 4.79 Å². The van der Waals surface area contributed by atoms with Gasteiger partial charge in [-0.1, -0.05) is 51.1 Å². The van der Waals surface area contributed by atoms with Gasteiger partial charge in [-0.15, -0.1) is 0 Å². The van der Waals surface area contributed by atoms with Crippen LogP contribution in [0.5, 0.6) is 0 Å². The Morgan fingerprint density at radius 2 is 1.81 bits per heavy atom. The second-order valence-electron chi connectivity index (χ2n) is 6.17. The summed E-state index contributed by atoms with van der Waals surface area (Å²) >= 11 is 0. The Hall–Kier alpha value is -2.03. The summed E-state index contributed by atoms with van der Waals surface area (Å²) in [5.74, 6) is 1.18. The number of benzene rings is 1. The summed E-state index contributed by atoms with van der Waals surface area (Å²) in [6.07, 6.45) is 1.52. The monoisotopic (exact) mass is 286 g/mol. The summed E-state index contributed by atoms with van der Waals surface area (Å²) in [5, 5.41) is 0. The van der Waals surface area contributed by atoms with Crippen LogP contribution in [-0.2, 0) is 23.0 Å². The van der Waals surface area contributed by atoms with Crippen LogP contribution < -0.4 is 0 Å². The Balaban J connectivity index is 2.24. The third-order valence-electron chi connectivity index (χ3n) is 3.44. The van der Waals surface area contributed by atoms with Gasteiger partial charge in [-0.25, -0.2) is 4.79 Å². The molecule has 2 aromatic rings. The lowest BCUT2D eigenvalue weighted by atomic mass is 9.93. The molecule has 0 aliphatic carbocycles. The summed E-state index contributed by atoms with van der Waals surface area (Å²) in [4.78, 5) is 11.9. The fourth-order valence-electron chi connectivity index (χ4n) is 2.17. The number of carbonyl (C=O) groups is 1. The maximum Gasteiger partial charge on any atom is 0.341 e. The third kappa shape index (κ3) is 3.75. The van der Waals surface area contributed by atoms with Gasteiger partial charge in [0, 0.05) is 11.8 Å². The van der Waals surface area contributed by atoms with E-state index in [0.717, 1.165) is 12.2 Å². The number of hydrogen-bond acceptors (Lipinski definition) is 3. The van der Waals surface area contributed by atoms with Crippen molar-refractivity contribution in [1.29, 1.82) is 0 Å². The summed E-state index contributed by atoms with van der Waals surface area (Å²) in [6, 6.07) is 12.0. The molecule has 0 saturated heterocycles. The molecule has 0 atom stereocenters. The van der Waals surface area contributed by atoms with E-state index in [-0.39, 0.29) is 11.4 Å². The van der Waals surface area contributed by atoms with E-state index < -0.39 is 0 Å². The van der Waals surface area contributed by atoms with Crippen LogP contribution in [0.15, 0.2) is 40.8 Å². The summed E-state index contributed by atoms with van der Waals surface area (Å²) in [5.41, 5.74) is 1.63. The normalized spacial score (nSPS) is 11.4. The Bertz CT molecular complexity index is 603. The Kier molecular flexibility index (Phi) is 4.51. The quantitative estimate of drug-likeness (QED) is 0.793. The number of furan rings is 1. The molecule has 3 nitrogen and oxygen atoms in total. The molecule has 1 aromatic heterocycles. The van der Waals surface area contributed by atoms with Gasteiger partial charge in [0.25, 0.3) is 0 Å². The van der Waals surface area contributed by atoms with E-state index >= 15 is 0 Å². The molecule has 0 amide bonds. The van der Waals surface area contributed by atoms with Gasteiger partial charge < -0.3 is 9.15 Å². The van der Waals surface area contributed by atoms with Crippen molar-refractivity contribution in [3.8, 4) is 0 Å². The molecular weight excluding hydrogens is 264 g/mol. The number of rotatable bonds is 4. The van der Waals surface area contributed by atoms with Crippen LogP contribution in [-0.4, -0.2) is 13.1 Å². The largest absolute Gasteiger partial charge is 0.465 e. The van der Waals surface area contributed by atoms with E-state index in [0.29, 0.717) is 17.7 Å². The van der Waals surface area contributed by atoms with Gasteiger partial charge in [0.15, 0.2) is 0 Å². The van der Waals surface area contributed by atoms with Crippen LogP contribution in [0.1, 0.15) is 48.2 Å². The highest BCUT2D eigenvalue weighted by molar-refractivity contribution is 5.90. The van der Waals surface area contributed by atoms with Gasteiger partial charge >= 0.3 is 5.97 Å². The van der Waals surface area contributed by atoms with Gasteiger partial charge in [-0.05, 0) is 18.1 Å². The Morgan fingerprint density at radius 3 is 2.38 bits per heavy atom. The van der Waals surface area contributed by atoms with Crippen molar-refractivity contribution >= 4 is 5.97 Å². The maximum absolute atomic E-state index is 11.9. The molecule has 0 radical (unpaired) electrons. The van der Waals surface area contributed by atoms with Crippen LogP contribution in [0.2, 0.25) is 0 Å². The standard InChI is InChI=1S/C18H22O3/c1-18(2,3)16-12-14(17(19)20-4)15(21-16)11-10-13-8-6-5-7-9-13/h5-9,12H,10-11H2,1-4H3. The molecular formula is C18H22O3. The van der Waals surface area contributed by atoms with Crippen LogP contribution in [0, 0.1) is 0 Å². The van der Waals surface area contributed by atoms with Crippen LogP contribution in [0.3, 0.4) is 0 Å². The molecule has 2 rings (SSSR count). The molecule has 1 heterocycles. The molecule has 0 aliphatic rings. The van der Waals surface area contributed by atoms with Crippen molar-refractivity contribution in [2.45, 2.75) is 39.0 Å². The number of esters is 1. The number of ether oxygens (including phenoxy) is 1. The predicted molar refractivity (Wildman–Crippen MR) is 82.6 cm³/mol. The highest BCUT2D eigenvalue weighted by atomic mass is 16.5. The molecule has 0 unspecified atom stereocenters. The van der Waals surface area contributed by atoms with E-state index in [1.165, 1.54) is 12.7 Å². The lowest BCUT2D eigenvalue weighted by molar-refractivity contribution is 0.0598. The second kappa shape index (κ2) is 6.17. The van der Waals surface area contributed by atoms with Crippen molar-refractivity contribution in [3.63, 3.8) is 0 Å². The van der Waals surface area contributed by atoms with Crippen LogP contribution >= 0.6 is 0 Å². The first-order chi connectivity index (χ1) is 9.91.